The van der Waals surface area contributed by atoms with Gasteiger partial charge in [0, 0.05) is 49.0 Å². The van der Waals surface area contributed by atoms with Gasteiger partial charge in [-0.05, 0) is 44.7 Å². The quantitative estimate of drug-likeness (QED) is 0.528. The first-order valence-corrected chi connectivity index (χ1v) is 11.6. The Balaban J connectivity index is 1.30. The van der Waals surface area contributed by atoms with E-state index >= 15 is 0 Å². The van der Waals surface area contributed by atoms with Crippen LogP contribution in [0, 0.1) is 13.8 Å². The first-order valence-electron chi connectivity index (χ1n) is 11.6. The van der Waals surface area contributed by atoms with Gasteiger partial charge in [0.1, 0.15) is 11.3 Å². The summed E-state index contributed by atoms with van der Waals surface area (Å²) in [6, 6.07) is 8.29. The standard InChI is InChI=1S/C25H32N6O3/c1-16-20(17(2)31-25(28-16)21(14-27-31)24(26)33)8-9-23(32)29-19-10-12-30(13-11-19)15-18-6-4-5-7-22(18)34-3/h4-7,14,19H,8-13,15H2,1-3H3,(H2,26,33)(H,29,32). The van der Waals surface area contributed by atoms with Crippen LogP contribution in [0.1, 0.15) is 52.1 Å². The Morgan fingerprint density at radius 1 is 1.21 bits per heavy atom. The van der Waals surface area contributed by atoms with Crippen LogP contribution in [0.15, 0.2) is 30.5 Å². The van der Waals surface area contributed by atoms with Gasteiger partial charge in [-0.15, -0.1) is 0 Å². The lowest BCUT2D eigenvalue weighted by Gasteiger charge is -2.32. The van der Waals surface area contributed by atoms with Gasteiger partial charge in [0.15, 0.2) is 5.65 Å². The van der Waals surface area contributed by atoms with Crippen LogP contribution in [0.3, 0.4) is 0 Å². The predicted octanol–water partition coefficient (Wildman–Crippen LogP) is 2.17. The van der Waals surface area contributed by atoms with Crippen molar-refractivity contribution in [1.82, 2.24) is 24.8 Å². The monoisotopic (exact) mass is 464 g/mol. The minimum absolute atomic E-state index is 0.0420. The maximum Gasteiger partial charge on any atom is 0.254 e. The van der Waals surface area contributed by atoms with Crippen molar-refractivity contribution in [2.75, 3.05) is 20.2 Å². The zero-order valence-corrected chi connectivity index (χ0v) is 20.0. The van der Waals surface area contributed by atoms with Gasteiger partial charge >= 0.3 is 0 Å². The zero-order valence-electron chi connectivity index (χ0n) is 20.0. The van der Waals surface area contributed by atoms with E-state index in [1.165, 1.54) is 11.8 Å². The van der Waals surface area contributed by atoms with Crippen LogP contribution < -0.4 is 15.8 Å². The van der Waals surface area contributed by atoms with Crippen LogP contribution in [-0.2, 0) is 17.8 Å². The fraction of sp³-hybridized carbons (Fsp3) is 0.440. The number of nitrogens with one attached hydrogen (secondary N) is 1. The molecule has 3 aromatic rings. The average molecular weight is 465 g/mol. The summed E-state index contributed by atoms with van der Waals surface area (Å²) in [5.74, 6) is 0.403. The van der Waals surface area contributed by atoms with Gasteiger partial charge in [0.25, 0.3) is 5.91 Å². The van der Waals surface area contributed by atoms with Crippen molar-refractivity contribution in [3.63, 3.8) is 0 Å². The number of para-hydroxylation sites is 1. The molecule has 2 amide bonds. The van der Waals surface area contributed by atoms with E-state index in [1.54, 1.807) is 11.6 Å². The molecule has 0 unspecified atom stereocenters. The lowest BCUT2D eigenvalue weighted by Crippen LogP contribution is -2.44. The van der Waals surface area contributed by atoms with Crippen molar-refractivity contribution in [3.8, 4) is 5.75 Å². The lowest BCUT2D eigenvalue weighted by atomic mass is 10.0. The molecule has 3 heterocycles. The number of rotatable bonds is 8. The number of piperidine rings is 1. The molecule has 1 aromatic carbocycles. The molecule has 1 fully saturated rings. The smallest absolute Gasteiger partial charge is 0.254 e. The van der Waals surface area contributed by atoms with Crippen LogP contribution in [0.5, 0.6) is 5.75 Å². The van der Waals surface area contributed by atoms with E-state index in [-0.39, 0.29) is 11.9 Å². The minimum atomic E-state index is -0.553. The van der Waals surface area contributed by atoms with Gasteiger partial charge in [0.2, 0.25) is 5.91 Å². The van der Waals surface area contributed by atoms with E-state index in [9.17, 15) is 9.59 Å². The first-order chi connectivity index (χ1) is 16.4. The number of likely N-dealkylation sites (tertiary alicyclic amines) is 1. The van der Waals surface area contributed by atoms with Crippen molar-refractivity contribution in [3.05, 3.63) is 58.5 Å². The highest BCUT2D eigenvalue weighted by Gasteiger charge is 2.22. The highest BCUT2D eigenvalue weighted by atomic mass is 16.5. The number of methoxy groups -OCH3 is 1. The Hall–Kier alpha value is -3.46. The zero-order chi connectivity index (χ0) is 24.2. The molecule has 0 saturated carbocycles. The SMILES string of the molecule is COc1ccccc1CN1CCC(NC(=O)CCc2c(C)nc3c(C(N)=O)cnn3c2C)CC1. The van der Waals surface area contributed by atoms with Gasteiger partial charge in [-0.2, -0.15) is 5.10 Å². The number of hydrogen-bond acceptors (Lipinski definition) is 6. The molecule has 1 aliphatic rings. The summed E-state index contributed by atoms with van der Waals surface area (Å²) in [6.45, 7) is 6.52. The van der Waals surface area contributed by atoms with Crippen molar-refractivity contribution in [2.24, 2.45) is 5.73 Å². The lowest BCUT2D eigenvalue weighted by molar-refractivity contribution is -0.122. The summed E-state index contributed by atoms with van der Waals surface area (Å²) in [7, 11) is 1.70. The summed E-state index contributed by atoms with van der Waals surface area (Å²) in [5, 5.41) is 7.45. The molecule has 2 aromatic heterocycles. The number of carbonyl (C=O) groups excluding carboxylic acids is 2. The molecule has 0 radical (unpaired) electrons. The molecule has 0 spiro atoms. The van der Waals surface area contributed by atoms with E-state index in [4.69, 9.17) is 10.5 Å². The number of amides is 2. The molecule has 9 heteroatoms. The Morgan fingerprint density at radius 2 is 1.94 bits per heavy atom. The second-order valence-electron chi connectivity index (χ2n) is 8.85. The van der Waals surface area contributed by atoms with Gasteiger partial charge in [0.05, 0.1) is 13.3 Å². The van der Waals surface area contributed by atoms with E-state index in [2.05, 4.69) is 26.4 Å². The van der Waals surface area contributed by atoms with Gasteiger partial charge in [-0.25, -0.2) is 9.50 Å². The number of hydrogen-bond donors (Lipinski definition) is 2. The largest absolute Gasteiger partial charge is 0.496 e. The first kappa shape index (κ1) is 23.7. The second kappa shape index (κ2) is 10.2. The molecule has 180 valence electrons. The van der Waals surface area contributed by atoms with Gasteiger partial charge in [-0.1, -0.05) is 18.2 Å². The number of aryl methyl sites for hydroxylation is 2. The van der Waals surface area contributed by atoms with Crippen LogP contribution in [0.4, 0.5) is 0 Å². The minimum Gasteiger partial charge on any atom is -0.496 e. The number of nitrogens with zero attached hydrogens (tertiary/aromatic N) is 4. The van der Waals surface area contributed by atoms with Crippen molar-refractivity contribution >= 4 is 17.5 Å². The Bertz CT molecular complexity index is 1200. The van der Waals surface area contributed by atoms with Gasteiger partial charge in [-0.3, -0.25) is 14.5 Å². The molecule has 9 nitrogen and oxygen atoms in total. The Kier molecular flexibility index (Phi) is 7.12. The van der Waals surface area contributed by atoms with Gasteiger partial charge < -0.3 is 15.8 Å². The van der Waals surface area contributed by atoms with Crippen molar-refractivity contribution < 1.29 is 14.3 Å². The maximum absolute atomic E-state index is 12.7. The molecule has 0 atom stereocenters. The number of ether oxygens (including phenoxy) is 1. The van der Waals surface area contributed by atoms with Crippen LogP contribution >= 0.6 is 0 Å². The third kappa shape index (κ3) is 5.04. The summed E-state index contributed by atoms with van der Waals surface area (Å²) in [5.41, 5.74) is 9.97. The topological polar surface area (TPSA) is 115 Å². The fourth-order valence-electron chi connectivity index (χ4n) is 4.69. The van der Waals surface area contributed by atoms with E-state index in [0.29, 0.717) is 24.1 Å². The highest BCUT2D eigenvalue weighted by Crippen LogP contribution is 2.22. The van der Waals surface area contributed by atoms with Crippen LogP contribution in [0.2, 0.25) is 0 Å². The molecular weight excluding hydrogens is 432 g/mol. The predicted molar refractivity (Wildman–Crippen MR) is 129 cm³/mol. The average Bonchev–Trinajstić information content (AvgIpc) is 3.25. The number of carbonyl (C=O) groups is 2. The molecule has 3 N–H and O–H groups in total. The second-order valence-corrected chi connectivity index (χ2v) is 8.85. The molecule has 1 aliphatic heterocycles. The third-order valence-electron chi connectivity index (χ3n) is 6.62. The molecule has 1 saturated heterocycles. The van der Waals surface area contributed by atoms with Crippen molar-refractivity contribution in [2.45, 2.75) is 52.1 Å². The molecule has 0 bridgehead atoms. The summed E-state index contributed by atoms with van der Waals surface area (Å²) < 4.78 is 7.08. The van der Waals surface area contributed by atoms with Crippen LogP contribution in [0.25, 0.3) is 5.65 Å². The summed E-state index contributed by atoms with van der Waals surface area (Å²) >= 11 is 0. The molecule has 4 rings (SSSR count). The normalized spacial score (nSPS) is 14.9. The molecular formula is C25H32N6O3. The molecule has 0 aliphatic carbocycles. The Labute approximate surface area is 199 Å². The maximum atomic E-state index is 12.7. The number of nitrogens with two attached hydrogens (primary N) is 1. The fourth-order valence-corrected chi connectivity index (χ4v) is 4.69. The van der Waals surface area contributed by atoms with E-state index < -0.39 is 5.91 Å². The number of fused-ring (bicyclic) bond motifs is 1. The number of primary amides is 1. The highest BCUT2D eigenvalue weighted by molar-refractivity contribution is 5.98. The van der Waals surface area contributed by atoms with Crippen molar-refractivity contribution in [1.29, 1.82) is 0 Å². The van der Waals surface area contributed by atoms with E-state index in [0.717, 1.165) is 55.2 Å². The summed E-state index contributed by atoms with van der Waals surface area (Å²) in [6.07, 6.45) is 4.23. The third-order valence-corrected chi connectivity index (χ3v) is 6.62. The van der Waals surface area contributed by atoms with E-state index in [1.807, 2.05) is 32.0 Å². The number of aromatic nitrogens is 3. The molecule has 34 heavy (non-hydrogen) atoms. The Morgan fingerprint density at radius 3 is 2.65 bits per heavy atom. The van der Waals surface area contributed by atoms with Crippen LogP contribution in [-0.4, -0.2) is 57.6 Å². The summed E-state index contributed by atoms with van der Waals surface area (Å²) in [4.78, 5) is 31.2. The number of benzene rings is 1.